The van der Waals surface area contributed by atoms with Crippen LogP contribution < -0.4 is 10.9 Å². The fourth-order valence-electron chi connectivity index (χ4n) is 3.35. The quantitative estimate of drug-likeness (QED) is 0.266. The molecule has 0 amide bonds. The third-order valence-electron chi connectivity index (χ3n) is 4.85. The Hall–Kier alpha value is -2.84. The van der Waals surface area contributed by atoms with Gasteiger partial charge in [0.05, 0.1) is 25.7 Å². The van der Waals surface area contributed by atoms with E-state index >= 15 is 0 Å². The van der Waals surface area contributed by atoms with E-state index in [-0.39, 0.29) is 23.7 Å². The summed E-state index contributed by atoms with van der Waals surface area (Å²) in [4.78, 5) is 27.5. The molecule has 0 spiro atoms. The molecule has 0 aliphatic carbocycles. The predicted molar refractivity (Wildman–Crippen MR) is 98.5 cm³/mol. The summed E-state index contributed by atoms with van der Waals surface area (Å²) < 4.78 is 8.54. The van der Waals surface area contributed by atoms with Crippen LogP contribution in [0.1, 0.15) is 12.1 Å². The first kappa shape index (κ1) is 19.5. The average Bonchev–Trinajstić information content (AvgIpc) is 3.35. The van der Waals surface area contributed by atoms with Crippen molar-refractivity contribution in [3.05, 3.63) is 28.7 Å². The number of aromatic amines is 1. The van der Waals surface area contributed by atoms with Crippen LogP contribution in [0.5, 0.6) is 0 Å². The molecule has 0 saturated carbocycles. The zero-order valence-electron chi connectivity index (χ0n) is 15.4. The molecule has 13 heteroatoms. The first-order valence-corrected chi connectivity index (χ1v) is 8.94. The number of anilines is 2. The van der Waals surface area contributed by atoms with Gasteiger partial charge >= 0.3 is 0 Å². The van der Waals surface area contributed by atoms with E-state index in [1.807, 2.05) is 0 Å². The molecule has 4 rings (SSSR count). The zero-order valence-corrected chi connectivity index (χ0v) is 15.4. The first-order chi connectivity index (χ1) is 13.9. The van der Waals surface area contributed by atoms with Gasteiger partial charge in [0.25, 0.3) is 5.56 Å². The number of rotatable bonds is 6. The molecule has 4 heterocycles. The summed E-state index contributed by atoms with van der Waals surface area (Å²) in [6, 6.07) is 0. The van der Waals surface area contributed by atoms with Gasteiger partial charge in [0, 0.05) is 6.54 Å². The maximum Gasteiger partial charge on any atom is 0.280 e. The van der Waals surface area contributed by atoms with Crippen LogP contribution in [0.3, 0.4) is 0 Å². The van der Waals surface area contributed by atoms with Gasteiger partial charge in [-0.05, 0) is 6.92 Å². The third-order valence-corrected chi connectivity index (χ3v) is 4.85. The largest absolute Gasteiger partial charge is 0.395 e. The van der Waals surface area contributed by atoms with Gasteiger partial charge in [0.1, 0.15) is 30.0 Å². The minimum atomic E-state index is -1.34. The van der Waals surface area contributed by atoms with Crippen LogP contribution in [0, 0.1) is 6.92 Å². The van der Waals surface area contributed by atoms with Crippen molar-refractivity contribution < 1.29 is 25.2 Å². The number of nitrogens with zero attached hydrogens (tertiary/aromatic N) is 5. The second-order valence-electron chi connectivity index (χ2n) is 6.66. The van der Waals surface area contributed by atoms with Crippen molar-refractivity contribution in [1.82, 2.24) is 29.1 Å². The lowest BCUT2D eigenvalue weighted by atomic mass is 10.1. The molecule has 4 atom stereocenters. The number of hydrogen-bond acceptors (Lipinski definition) is 10. The van der Waals surface area contributed by atoms with Gasteiger partial charge in [-0.25, -0.2) is 9.97 Å². The molecule has 0 radical (unpaired) electrons. The normalized spacial score (nSPS) is 24.4. The molecule has 0 bridgehead atoms. The minimum Gasteiger partial charge on any atom is -0.395 e. The van der Waals surface area contributed by atoms with Gasteiger partial charge in [-0.3, -0.25) is 14.3 Å². The maximum absolute atomic E-state index is 12.4. The van der Waals surface area contributed by atoms with E-state index in [2.05, 4.69) is 25.3 Å². The van der Waals surface area contributed by atoms with Crippen LogP contribution >= 0.6 is 0 Å². The molecule has 13 nitrogen and oxygen atoms in total. The van der Waals surface area contributed by atoms with Crippen molar-refractivity contribution in [2.75, 3.05) is 18.5 Å². The molecule has 156 valence electrons. The number of aryl methyl sites for hydroxylation is 1. The van der Waals surface area contributed by atoms with E-state index < -0.39 is 36.7 Å². The number of hydrogen-bond donors (Lipinski definition) is 6. The highest BCUT2D eigenvalue weighted by atomic mass is 16.6. The van der Waals surface area contributed by atoms with Gasteiger partial charge in [-0.15, -0.1) is 0 Å². The Morgan fingerprint density at radius 1 is 1.28 bits per heavy atom. The van der Waals surface area contributed by atoms with E-state index in [1.54, 1.807) is 17.7 Å². The van der Waals surface area contributed by atoms with Gasteiger partial charge in [-0.2, -0.15) is 4.98 Å². The molecule has 3 aromatic rings. The number of fused-ring (bicyclic) bond motifs is 1. The predicted octanol–water partition coefficient (Wildman–Crippen LogP) is -2.03. The number of aromatic nitrogens is 6. The summed E-state index contributed by atoms with van der Waals surface area (Å²) >= 11 is 0. The Bertz CT molecular complexity index is 1080. The van der Waals surface area contributed by atoms with Crippen molar-refractivity contribution in [3.8, 4) is 0 Å². The maximum atomic E-state index is 12.4. The lowest BCUT2D eigenvalue weighted by Gasteiger charge is -2.16. The highest BCUT2D eigenvalue weighted by Crippen LogP contribution is 2.31. The summed E-state index contributed by atoms with van der Waals surface area (Å²) in [6.07, 6.45) is -1.86. The highest BCUT2D eigenvalue weighted by Gasteiger charge is 2.44. The van der Waals surface area contributed by atoms with Crippen molar-refractivity contribution in [3.63, 3.8) is 0 Å². The summed E-state index contributed by atoms with van der Waals surface area (Å²) in [5, 5.41) is 41.7. The molecular weight excluding hydrogens is 386 g/mol. The fraction of sp³-hybridized carbons (Fsp3) is 0.500. The zero-order chi connectivity index (χ0) is 20.7. The van der Waals surface area contributed by atoms with Crippen LogP contribution in [-0.2, 0) is 11.3 Å². The Morgan fingerprint density at radius 2 is 2.07 bits per heavy atom. The number of imidazole rings is 2. The van der Waals surface area contributed by atoms with E-state index in [0.717, 1.165) is 0 Å². The van der Waals surface area contributed by atoms with E-state index in [4.69, 9.17) is 4.74 Å². The van der Waals surface area contributed by atoms with E-state index in [1.165, 1.54) is 10.9 Å². The summed E-state index contributed by atoms with van der Waals surface area (Å²) in [7, 11) is 0. The molecule has 1 fully saturated rings. The van der Waals surface area contributed by atoms with Crippen molar-refractivity contribution >= 4 is 22.9 Å². The lowest BCUT2D eigenvalue weighted by molar-refractivity contribution is -0.0511. The van der Waals surface area contributed by atoms with Gasteiger partial charge in [0.15, 0.2) is 17.4 Å². The first-order valence-electron chi connectivity index (χ1n) is 8.94. The topological polar surface area (TPSA) is 184 Å². The van der Waals surface area contributed by atoms with E-state index in [9.17, 15) is 25.2 Å². The molecule has 1 aliphatic rings. The van der Waals surface area contributed by atoms with Crippen molar-refractivity contribution in [2.24, 2.45) is 0 Å². The Balaban J connectivity index is 1.72. The van der Waals surface area contributed by atoms with Crippen LogP contribution in [0.25, 0.3) is 11.2 Å². The number of nitrogens with one attached hydrogen (secondary N) is 2. The summed E-state index contributed by atoms with van der Waals surface area (Å²) in [6.45, 7) is 1.52. The SMILES string of the molecule is Cc1ncc(Nc2nc3c(ncn3[C@@H]3O[C@H](CO)[C@@H](O)[C@H]3O)c(=O)[nH]2)n1CCO. The van der Waals surface area contributed by atoms with Gasteiger partial charge < -0.3 is 35.0 Å². The van der Waals surface area contributed by atoms with Crippen molar-refractivity contribution in [2.45, 2.75) is 38.0 Å². The third kappa shape index (κ3) is 3.28. The standard InChI is InChI=1S/C16H21N7O6/c1-7-17-4-9(22(7)2-3-24)19-16-20-13-10(14(28)21-16)18-6-23(13)15-12(27)11(26)8(5-25)29-15/h4,6,8,11-12,15,24-27H,2-3,5H2,1H3,(H2,19,20,21,28)/t8-,11-,12-,15-/m1/s1. The van der Waals surface area contributed by atoms with Gasteiger partial charge in [-0.1, -0.05) is 0 Å². The van der Waals surface area contributed by atoms with Crippen LogP contribution in [0.2, 0.25) is 0 Å². The second-order valence-corrected chi connectivity index (χ2v) is 6.66. The average molecular weight is 407 g/mol. The highest BCUT2D eigenvalue weighted by molar-refractivity contribution is 5.71. The minimum absolute atomic E-state index is 0.0216. The Kier molecular flexibility index (Phi) is 5.06. The molecule has 29 heavy (non-hydrogen) atoms. The van der Waals surface area contributed by atoms with Crippen LogP contribution in [0.15, 0.2) is 17.3 Å². The molecule has 3 aromatic heterocycles. The monoisotopic (exact) mass is 407 g/mol. The number of aliphatic hydroxyl groups is 4. The molecule has 6 N–H and O–H groups in total. The van der Waals surface area contributed by atoms with Gasteiger partial charge in [0.2, 0.25) is 5.95 Å². The Morgan fingerprint density at radius 3 is 2.76 bits per heavy atom. The second kappa shape index (κ2) is 7.53. The number of aliphatic hydroxyl groups excluding tert-OH is 4. The van der Waals surface area contributed by atoms with Crippen LogP contribution in [0.4, 0.5) is 11.8 Å². The Labute approximate surface area is 163 Å². The molecular formula is C16H21N7O6. The smallest absolute Gasteiger partial charge is 0.280 e. The summed E-state index contributed by atoms with van der Waals surface area (Å²) in [5.41, 5.74) is -0.377. The van der Waals surface area contributed by atoms with E-state index in [0.29, 0.717) is 18.2 Å². The number of H-pyrrole nitrogens is 1. The fourth-order valence-corrected chi connectivity index (χ4v) is 3.35. The van der Waals surface area contributed by atoms with Crippen molar-refractivity contribution in [1.29, 1.82) is 0 Å². The van der Waals surface area contributed by atoms with Crippen LogP contribution in [-0.4, -0.2) is 81.0 Å². The summed E-state index contributed by atoms with van der Waals surface area (Å²) in [5.74, 6) is 1.27. The number of ether oxygens (including phenoxy) is 1. The lowest BCUT2D eigenvalue weighted by Crippen LogP contribution is -2.33. The molecule has 1 aliphatic heterocycles. The molecule has 0 unspecified atom stereocenters. The molecule has 1 saturated heterocycles. The molecule has 0 aromatic carbocycles.